The van der Waals surface area contributed by atoms with Crippen LogP contribution in [0.25, 0.3) is 0 Å². The maximum absolute atomic E-state index is 12.4. The minimum atomic E-state index is -0.650. The lowest BCUT2D eigenvalue weighted by Crippen LogP contribution is -2.28. The molecule has 0 aliphatic heterocycles. The van der Waals surface area contributed by atoms with Crippen molar-refractivity contribution < 1.29 is 19.1 Å². The van der Waals surface area contributed by atoms with Crippen LogP contribution in [-0.2, 0) is 9.53 Å². The number of hydrogen-bond acceptors (Lipinski definition) is 4. The van der Waals surface area contributed by atoms with Crippen LogP contribution in [0.4, 0.5) is 0 Å². The molecule has 1 atom stereocenters. The van der Waals surface area contributed by atoms with Crippen LogP contribution in [0.1, 0.15) is 36.2 Å². The molecule has 0 fully saturated rings. The van der Waals surface area contributed by atoms with Crippen molar-refractivity contribution in [2.75, 3.05) is 6.61 Å². The van der Waals surface area contributed by atoms with Crippen LogP contribution in [0.2, 0.25) is 5.02 Å². The van der Waals surface area contributed by atoms with Crippen LogP contribution in [0, 0.1) is 0 Å². The number of hydrogen-bond donors (Lipinski definition) is 0. The van der Waals surface area contributed by atoms with Crippen LogP contribution in [-0.4, -0.2) is 24.5 Å². The Balaban J connectivity index is 2.08. The molecular formula is C19H19ClO4. The van der Waals surface area contributed by atoms with Crippen molar-refractivity contribution in [1.82, 2.24) is 0 Å². The quantitative estimate of drug-likeness (QED) is 0.554. The molecule has 0 saturated heterocycles. The summed E-state index contributed by atoms with van der Waals surface area (Å²) in [5, 5.41) is 0.583. The Kier molecular flexibility index (Phi) is 6.38. The van der Waals surface area contributed by atoms with Gasteiger partial charge in [0, 0.05) is 16.1 Å². The highest BCUT2D eigenvalue weighted by molar-refractivity contribution is 6.30. The Morgan fingerprint density at radius 2 is 1.50 bits per heavy atom. The van der Waals surface area contributed by atoms with Crippen molar-refractivity contribution in [3.05, 3.63) is 64.7 Å². The van der Waals surface area contributed by atoms with Gasteiger partial charge in [0.2, 0.25) is 0 Å². The molecule has 5 heteroatoms. The van der Waals surface area contributed by atoms with Gasteiger partial charge in [-0.05, 0) is 61.9 Å². The van der Waals surface area contributed by atoms with E-state index in [1.165, 1.54) is 0 Å². The molecule has 0 aliphatic carbocycles. The molecule has 0 N–H and O–H groups in total. The summed E-state index contributed by atoms with van der Waals surface area (Å²) in [5.74, 6) is 0.0273. The number of halogens is 1. The molecule has 126 valence electrons. The first kappa shape index (κ1) is 18.0. The molecular weight excluding hydrogens is 328 g/mol. The van der Waals surface area contributed by atoms with Crippen LogP contribution >= 0.6 is 11.6 Å². The van der Waals surface area contributed by atoms with Gasteiger partial charge in [-0.15, -0.1) is 0 Å². The first-order valence-electron chi connectivity index (χ1n) is 7.78. The summed E-state index contributed by atoms with van der Waals surface area (Å²) < 4.78 is 10.6. The van der Waals surface area contributed by atoms with Crippen LogP contribution in [0.15, 0.2) is 48.5 Å². The molecule has 0 amide bonds. The van der Waals surface area contributed by atoms with Gasteiger partial charge in [0.05, 0.1) is 6.61 Å². The lowest BCUT2D eigenvalue weighted by atomic mass is 10.0. The largest absolute Gasteiger partial charge is 0.479 e. The Bertz CT molecular complexity index is 692. The number of carbonyl (C=O) groups is 2. The molecule has 0 aromatic heterocycles. The summed E-state index contributed by atoms with van der Waals surface area (Å²) in [6, 6.07) is 13.4. The molecule has 0 heterocycles. The smallest absolute Gasteiger partial charge is 0.347 e. The average Bonchev–Trinajstić information content (AvgIpc) is 2.60. The molecule has 0 spiro atoms. The molecule has 1 unspecified atom stereocenters. The second-order valence-electron chi connectivity index (χ2n) is 5.13. The summed E-state index contributed by atoms with van der Waals surface area (Å²) in [5.41, 5.74) is 1.10. The highest BCUT2D eigenvalue weighted by atomic mass is 35.5. The Morgan fingerprint density at radius 1 is 0.958 bits per heavy atom. The van der Waals surface area contributed by atoms with E-state index in [0.717, 1.165) is 0 Å². The van der Waals surface area contributed by atoms with Gasteiger partial charge in [-0.2, -0.15) is 0 Å². The molecule has 4 nitrogen and oxygen atoms in total. The number of carbonyl (C=O) groups excluding carboxylic acids is 2. The summed E-state index contributed by atoms with van der Waals surface area (Å²) in [7, 11) is 0. The standard InChI is InChI=1S/C19H19ClO4/c1-3-17(19(22)23-4-2)24-16-11-7-14(8-12-16)18(21)13-5-9-15(20)10-6-13/h5-12,17H,3-4H2,1-2H3. The summed E-state index contributed by atoms with van der Waals surface area (Å²) in [6.45, 7) is 3.91. The van der Waals surface area contributed by atoms with E-state index in [1.807, 2.05) is 6.92 Å². The molecule has 24 heavy (non-hydrogen) atoms. The first-order valence-corrected chi connectivity index (χ1v) is 8.16. The topological polar surface area (TPSA) is 52.6 Å². The van der Waals surface area contributed by atoms with Crippen molar-refractivity contribution in [3.8, 4) is 5.75 Å². The van der Waals surface area contributed by atoms with Crippen molar-refractivity contribution in [1.29, 1.82) is 0 Å². The highest BCUT2D eigenvalue weighted by Crippen LogP contribution is 2.19. The van der Waals surface area contributed by atoms with E-state index in [2.05, 4.69) is 0 Å². The fourth-order valence-electron chi connectivity index (χ4n) is 2.15. The summed E-state index contributed by atoms with van der Waals surface area (Å²) >= 11 is 5.83. The monoisotopic (exact) mass is 346 g/mol. The number of benzene rings is 2. The molecule has 0 aliphatic rings. The Labute approximate surface area is 146 Å². The highest BCUT2D eigenvalue weighted by Gasteiger charge is 2.19. The third-order valence-corrected chi connectivity index (χ3v) is 3.67. The molecule has 2 rings (SSSR count). The maximum Gasteiger partial charge on any atom is 0.347 e. The average molecular weight is 347 g/mol. The van der Waals surface area contributed by atoms with Crippen molar-refractivity contribution in [3.63, 3.8) is 0 Å². The molecule has 2 aromatic rings. The van der Waals surface area contributed by atoms with Gasteiger partial charge in [0.25, 0.3) is 0 Å². The molecule has 0 saturated carbocycles. The SMILES string of the molecule is CCOC(=O)C(CC)Oc1ccc(C(=O)c2ccc(Cl)cc2)cc1. The fourth-order valence-corrected chi connectivity index (χ4v) is 2.28. The van der Waals surface area contributed by atoms with Gasteiger partial charge in [-0.25, -0.2) is 4.79 Å². The lowest BCUT2D eigenvalue weighted by Gasteiger charge is -2.16. The maximum atomic E-state index is 12.4. The van der Waals surface area contributed by atoms with E-state index < -0.39 is 6.10 Å². The Hall–Kier alpha value is -2.33. The van der Waals surface area contributed by atoms with Crippen LogP contribution < -0.4 is 4.74 Å². The van der Waals surface area contributed by atoms with Crippen molar-refractivity contribution in [2.24, 2.45) is 0 Å². The second kappa shape index (κ2) is 8.50. The summed E-state index contributed by atoms with van der Waals surface area (Å²) in [4.78, 5) is 24.1. The third kappa shape index (κ3) is 4.59. The fraction of sp³-hybridized carbons (Fsp3) is 0.263. The van der Waals surface area contributed by atoms with Crippen molar-refractivity contribution in [2.45, 2.75) is 26.4 Å². The zero-order valence-corrected chi connectivity index (χ0v) is 14.4. The van der Waals surface area contributed by atoms with E-state index in [4.69, 9.17) is 21.1 Å². The van der Waals surface area contributed by atoms with Crippen LogP contribution in [0.3, 0.4) is 0 Å². The van der Waals surface area contributed by atoms with E-state index in [1.54, 1.807) is 55.5 Å². The van der Waals surface area contributed by atoms with Gasteiger partial charge in [-0.3, -0.25) is 4.79 Å². The lowest BCUT2D eigenvalue weighted by molar-refractivity contribution is -0.151. The molecule has 2 aromatic carbocycles. The van der Waals surface area contributed by atoms with E-state index in [9.17, 15) is 9.59 Å². The van der Waals surface area contributed by atoms with Gasteiger partial charge in [0.1, 0.15) is 5.75 Å². The van der Waals surface area contributed by atoms with Crippen molar-refractivity contribution >= 4 is 23.4 Å². The minimum absolute atomic E-state index is 0.101. The van der Waals surface area contributed by atoms with E-state index in [-0.39, 0.29) is 11.8 Å². The number of esters is 1. The van der Waals surface area contributed by atoms with Gasteiger partial charge in [0.15, 0.2) is 11.9 Å². The first-order chi connectivity index (χ1) is 11.5. The summed E-state index contributed by atoms with van der Waals surface area (Å²) in [6.07, 6.45) is -0.146. The Morgan fingerprint density at radius 3 is 2.00 bits per heavy atom. The minimum Gasteiger partial charge on any atom is -0.479 e. The zero-order chi connectivity index (χ0) is 17.5. The number of ether oxygens (including phenoxy) is 2. The number of rotatable bonds is 7. The third-order valence-electron chi connectivity index (χ3n) is 3.42. The van der Waals surface area contributed by atoms with Gasteiger partial charge in [-0.1, -0.05) is 18.5 Å². The van der Waals surface area contributed by atoms with Gasteiger partial charge < -0.3 is 9.47 Å². The molecule has 0 bridgehead atoms. The second-order valence-corrected chi connectivity index (χ2v) is 5.56. The normalized spacial score (nSPS) is 11.6. The molecule has 0 radical (unpaired) electrons. The predicted molar refractivity (Wildman–Crippen MR) is 92.7 cm³/mol. The van der Waals surface area contributed by atoms with Gasteiger partial charge >= 0.3 is 5.97 Å². The van der Waals surface area contributed by atoms with E-state index >= 15 is 0 Å². The van der Waals surface area contributed by atoms with E-state index in [0.29, 0.717) is 34.9 Å². The predicted octanol–water partition coefficient (Wildman–Crippen LogP) is 4.29. The zero-order valence-electron chi connectivity index (χ0n) is 13.6. The number of ketones is 1. The van der Waals surface area contributed by atoms with Crippen LogP contribution in [0.5, 0.6) is 5.75 Å².